The molecule has 0 radical (unpaired) electrons. The smallest absolute Gasteiger partial charge is 0.258 e. The van der Waals surface area contributed by atoms with E-state index in [-0.39, 0.29) is 19.1 Å². The van der Waals surface area contributed by atoms with Crippen LogP contribution in [0, 0.1) is 0 Å². The molecule has 1 fully saturated rings. The third kappa shape index (κ3) is 5.42. The normalized spacial score (nSPS) is 16.5. The third-order valence-corrected chi connectivity index (χ3v) is 4.20. The van der Waals surface area contributed by atoms with Gasteiger partial charge in [0.1, 0.15) is 5.75 Å². The Morgan fingerprint density at radius 2 is 1.96 bits per heavy atom. The number of ether oxygens (including phenoxy) is 2. The van der Waals surface area contributed by atoms with Gasteiger partial charge in [-0.3, -0.25) is 9.69 Å². The molecule has 25 heavy (non-hydrogen) atoms. The van der Waals surface area contributed by atoms with Gasteiger partial charge < -0.3 is 19.9 Å². The van der Waals surface area contributed by atoms with Gasteiger partial charge in [0.15, 0.2) is 6.61 Å². The summed E-state index contributed by atoms with van der Waals surface area (Å²) in [6.45, 7) is 3.71. The fourth-order valence-electron chi connectivity index (χ4n) is 2.84. The van der Waals surface area contributed by atoms with Gasteiger partial charge in [0.25, 0.3) is 5.91 Å². The number of nitrogens with zero attached hydrogens (tertiary/aromatic N) is 1. The number of aliphatic hydroxyl groups excluding tert-OH is 1. The highest BCUT2D eigenvalue weighted by Crippen LogP contribution is 2.20. The number of amides is 1. The Balaban J connectivity index is 1.39. The van der Waals surface area contributed by atoms with E-state index in [0.717, 1.165) is 23.9 Å². The van der Waals surface area contributed by atoms with E-state index < -0.39 is 6.10 Å². The summed E-state index contributed by atoms with van der Waals surface area (Å²) in [5.74, 6) is 0.414. The molecule has 0 aliphatic carbocycles. The maximum Gasteiger partial charge on any atom is 0.258 e. The lowest BCUT2D eigenvalue weighted by molar-refractivity contribution is -0.123. The minimum atomic E-state index is -0.595. The van der Waals surface area contributed by atoms with Gasteiger partial charge in [0.05, 0.1) is 19.3 Å². The first-order valence-corrected chi connectivity index (χ1v) is 8.57. The van der Waals surface area contributed by atoms with Crippen molar-refractivity contribution in [2.75, 3.05) is 46.0 Å². The summed E-state index contributed by atoms with van der Waals surface area (Å²) in [5.41, 5.74) is 0. The number of nitrogens with one attached hydrogen (secondary N) is 1. The molecule has 0 aromatic heterocycles. The molecule has 2 aromatic rings. The Morgan fingerprint density at radius 1 is 1.20 bits per heavy atom. The van der Waals surface area contributed by atoms with Crippen LogP contribution in [0.3, 0.4) is 0 Å². The van der Waals surface area contributed by atoms with E-state index in [1.807, 2.05) is 42.5 Å². The highest BCUT2D eigenvalue weighted by Gasteiger charge is 2.15. The van der Waals surface area contributed by atoms with Gasteiger partial charge in [-0.1, -0.05) is 30.3 Å². The van der Waals surface area contributed by atoms with Gasteiger partial charge in [-0.2, -0.15) is 0 Å². The van der Waals surface area contributed by atoms with Gasteiger partial charge in [0, 0.05) is 26.2 Å². The Bertz CT molecular complexity index is 701. The molecule has 1 atom stereocenters. The molecule has 1 unspecified atom stereocenters. The summed E-state index contributed by atoms with van der Waals surface area (Å²) in [4.78, 5) is 14.0. The van der Waals surface area contributed by atoms with E-state index in [0.29, 0.717) is 25.5 Å². The predicted octanol–water partition coefficient (Wildman–Crippen LogP) is 1.03. The number of carbonyl (C=O) groups excluding carboxylic acids is 1. The van der Waals surface area contributed by atoms with E-state index in [4.69, 9.17) is 9.47 Å². The molecule has 1 amide bonds. The number of hydrogen-bond acceptors (Lipinski definition) is 5. The molecule has 3 rings (SSSR count). The Kier molecular flexibility index (Phi) is 6.22. The highest BCUT2D eigenvalue weighted by molar-refractivity contribution is 5.84. The topological polar surface area (TPSA) is 71.0 Å². The first-order chi connectivity index (χ1) is 12.2. The predicted molar refractivity (Wildman–Crippen MR) is 95.7 cm³/mol. The fraction of sp³-hybridized carbons (Fsp3) is 0.421. The maximum absolute atomic E-state index is 11.9. The molecule has 6 nitrogen and oxygen atoms in total. The lowest BCUT2D eigenvalue weighted by atomic mass is 10.1. The van der Waals surface area contributed by atoms with Gasteiger partial charge in [-0.15, -0.1) is 0 Å². The lowest BCUT2D eigenvalue weighted by Crippen LogP contribution is -2.45. The number of β-amino-alcohol motifs (C(OH)–C–C–N with tert-alkyl or cyclic N) is 1. The first-order valence-electron chi connectivity index (χ1n) is 8.57. The zero-order valence-electron chi connectivity index (χ0n) is 14.2. The number of rotatable bonds is 7. The fourth-order valence-corrected chi connectivity index (χ4v) is 2.84. The minimum Gasteiger partial charge on any atom is -0.484 e. The number of hydrogen-bond donors (Lipinski definition) is 2. The summed E-state index contributed by atoms with van der Waals surface area (Å²) in [5, 5.41) is 14.9. The molecule has 2 N–H and O–H groups in total. The largest absolute Gasteiger partial charge is 0.484 e. The van der Waals surface area contributed by atoms with Crippen molar-refractivity contribution in [3.05, 3.63) is 42.5 Å². The molecular formula is C19H24N2O4. The molecule has 0 bridgehead atoms. The van der Waals surface area contributed by atoms with Crippen molar-refractivity contribution >= 4 is 16.7 Å². The SMILES string of the molecule is O=C(COc1ccc2ccccc2c1)NCC(O)CN1CCOCC1. The van der Waals surface area contributed by atoms with Crippen LogP contribution in [0.15, 0.2) is 42.5 Å². The summed E-state index contributed by atoms with van der Waals surface area (Å²) in [7, 11) is 0. The second-order valence-corrected chi connectivity index (χ2v) is 6.17. The van der Waals surface area contributed by atoms with Crippen LogP contribution < -0.4 is 10.1 Å². The summed E-state index contributed by atoms with van der Waals surface area (Å²) < 4.78 is 10.8. The first kappa shape index (κ1) is 17.7. The van der Waals surface area contributed by atoms with Crippen LogP contribution >= 0.6 is 0 Å². The molecule has 2 aromatic carbocycles. The van der Waals surface area contributed by atoms with E-state index >= 15 is 0 Å². The van der Waals surface area contributed by atoms with Crippen molar-refractivity contribution in [3.8, 4) is 5.75 Å². The monoisotopic (exact) mass is 344 g/mol. The zero-order valence-corrected chi connectivity index (χ0v) is 14.2. The standard InChI is InChI=1S/C19H24N2O4/c22-17(13-21-7-9-24-10-8-21)12-20-19(23)14-25-18-6-5-15-3-1-2-4-16(15)11-18/h1-6,11,17,22H,7-10,12-14H2,(H,20,23). The lowest BCUT2D eigenvalue weighted by Gasteiger charge is -2.28. The summed E-state index contributed by atoms with van der Waals surface area (Å²) >= 11 is 0. The minimum absolute atomic E-state index is 0.0669. The molecule has 0 spiro atoms. The van der Waals surface area contributed by atoms with Crippen LogP contribution in [-0.4, -0.2) is 68.0 Å². The van der Waals surface area contributed by atoms with Crippen molar-refractivity contribution in [1.29, 1.82) is 0 Å². The maximum atomic E-state index is 11.9. The number of benzene rings is 2. The van der Waals surface area contributed by atoms with Crippen LogP contribution in [0.1, 0.15) is 0 Å². The second-order valence-electron chi connectivity index (χ2n) is 6.17. The Labute approximate surface area is 147 Å². The van der Waals surface area contributed by atoms with Crippen molar-refractivity contribution in [2.45, 2.75) is 6.10 Å². The average molecular weight is 344 g/mol. The second kappa shape index (κ2) is 8.80. The van der Waals surface area contributed by atoms with E-state index in [1.54, 1.807) is 0 Å². The van der Waals surface area contributed by atoms with Gasteiger partial charge in [-0.05, 0) is 22.9 Å². The van der Waals surface area contributed by atoms with Crippen molar-refractivity contribution < 1.29 is 19.4 Å². The summed E-state index contributed by atoms with van der Waals surface area (Å²) in [6.07, 6.45) is -0.595. The third-order valence-electron chi connectivity index (χ3n) is 4.20. The zero-order chi connectivity index (χ0) is 17.5. The van der Waals surface area contributed by atoms with Gasteiger partial charge >= 0.3 is 0 Å². The van der Waals surface area contributed by atoms with Crippen molar-refractivity contribution in [3.63, 3.8) is 0 Å². The average Bonchev–Trinajstić information content (AvgIpc) is 2.65. The Morgan fingerprint density at radius 3 is 2.76 bits per heavy atom. The number of fused-ring (bicyclic) bond motifs is 1. The van der Waals surface area contributed by atoms with Crippen molar-refractivity contribution in [1.82, 2.24) is 10.2 Å². The Hall–Kier alpha value is -2.15. The highest BCUT2D eigenvalue weighted by atomic mass is 16.5. The summed E-state index contributed by atoms with van der Waals surface area (Å²) in [6, 6.07) is 13.7. The van der Waals surface area contributed by atoms with Crippen molar-refractivity contribution in [2.24, 2.45) is 0 Å². The molecule has 6 heteroatoms. The van der Waals surface area contributed by atoms with E-state index in [9.17, 15) is 9.90 Å². The van der Waals surface area contributed by atoms with Gasteiger partial charge in [0.2, 0.25) is 0 Å². The van der Waals surface area contributed by atoms with Gasteiger partial charge in [-0.25, -0.2) is 0 Å². The molecule has 1 aliphatic heterocycles. The molecule has 1 saturated heterocycles. The quantitative estimate of drug-likeness (QED) is 0.785. The molecule has 0 saturated carbocycles. The molecular weight excluding hydrogens is 320 g/mol. The van der Waals surface area contributed by atoms with Crippen LogP contribution in [-0.2, 0) is 9.53 Å². The number of morpholine rings is 1. The number of aliphatic hydroxyl groups is 1. The number of carbonyl (C=O) groups is 1. The van der Waals surface area contributed by atoms with Crippen LogP contribution in [0.4, 0.5) is 0 Å². The molecule has 1 aliphatic rings. The molecule has 134 valence electrons. The van der Waals surface area contributed by atoms with Crippen LogP contribution in [0.25, 0.3) is 10.8 Å². The van der Waals surface area contributed by atoms with E-state index in [2.05, 4.69) is 10.2 Å². The van der Waals surface area contributed by atoms with E-state index in [1.165, 1.54) is 0 Å². The van der Waals surface area contributed by atoms with Crippen LogP contribution in [0.5, 0.6) is 5.75 Å². The molecule has 1 heterocycles. The van der Waals surface area contributed by atoms with Crippen LogP contribution in [0.2, 0.25) is 0 Å².